The summed E-state index contributed by atoms with van der Waals surface area (Å²) in [5.41, 5.74) is 0.946. The molecule has 2 N–H and O–H groups in total. The Hall–Kier alpha value is -2.41. The molecule has 23 heavy (non-hydrogen) atoms. The molecule has 1 aliphatic rings. The van der Waals surface area contributed by atoms with Crippen molar-refractivity contribution in [2.45, 2.75) is 12.5 Å². The molecule has 0 fully saturated rings. The van der Waals surface area contributed by atoms with E-state index in [1.54, 1.807) is 30.3 Å². The normalized spacial score (nSPS) is 16.6. The first-order chi connectivity index (χ1) is 11.0. The predicted octanol–water partition coefficient (Wildman–Crippen LogP) is 3.43. The molecule has 2 aromatic carbocycles. The lowest BCUT2D eigenvalue weighted by Gasteiger charge is -2.11. The highest BCUT2D eigenvalue weighted by atomic mass is 79.9. The molecule has 0 unspecified atom stereocenters. The number of hydrogen-bond donors (Lipinski definition) is 2. The molecule has 1 atom stereocenters. The zero-order valence-electron chi connectivity index (χ0n) is 11.8. The third kappa shape index (κ3) is 3.34. The molecule has 3 rings (SSSR count). The quantitative estimate of drug-likeness (QED) is 0.803. The number of benzene rings is 2. The van der Waals surface area contributed by atoms with Crippen LogP contribution in [-0.2, 0) is 9.63 Å². The first-order valence-electron chi connectivity index (χ1n) is 6.81. The molecule has 5 nitrogen and oxygen atoms in total. The largest absolute Gasteiger partial charge is 0.506 e. The Balaban J connectivity index is 1.69. The van der Waals surface area contributed by atoms with E-state index in [2.05, 4.69) is 26.4 Å². The Kier molecular flexibility index (Phi) is 4.29. The van der Waals surface area contributed by atoms with E-state index < -0.39 is 17.8 Å². The Morgan fingerprint density at radius 2 is 2.13 bits per heavy atom. The monoisotopic (exact) mass is 378 g/mol. The molecule has 0 saturated carbocycles. The number of hydrogen-bond acceptors (Lipinski definition) is 4. The minimum atomic E-state index is -0.872. The molecule has 1 heterocycles. The maximum Gasteiger partial charge on any atom is 0.268 e. The molecule has 1 aliphatic heterocycles. The van der Waals surface area contributed by atoms with Crippen LogP contribution in [0.3, 0.4) is 0 Å². The smallest absolute Gasteiger partial charge is 0.268 e. The van der Waals surface area contributed by atoms with E-state index in [-0.39, 0.29) is 17.9 Å². The molecule has 0 saturated heterocycles. The summed E-state index contributed by atoms with van der Waals surface area (Å²) in [7, 11) is 0. The summed E-state index contributed by atoms with van der Waals surface area (Å²) in [6.45, 7) is 0. The fourth-order valence-corrected chi connectivity index (χ4v) is 2.56. The van der Waals surface area contributed by atoms with E-state index in [0.717, 1.165) is 0 Å². The van der Waals surface area contributed by atoms with Gasteiger partial charge in [0, 0.05) is 16.5 Å². The number of carbonyl (C=O) groups excluding carboxylic acids is 1. The van der Waals surface area contributed by atoms with Crippen molar-refractivity contribution in [1.82, 2.24) is 0 Å². The van der Waals surface area contributed by atoms with Crippen LogP contribution in [0.4, 0.5) is 10.1 Å². The third-order valence-corrected chi connectivity index (χ3v) is 3.86. The van der Waals surface area contributed by atoms with Crippen LogP contribution in [0.2, 0.25) is 0 Å². The van der Waals surface area contributed by atoms with E-state index in [0.29, 0.717) is 15.7 Å². The molecule has 0 spiro atoms. The Morgan fingerprint density at radius 1 is 1.35 bits per heavy atom. The van der Waals surface area contributed by atoms with E-state index >= 15 is 0 Å². The highest BCUT2D eigenvalue weighted by Gasteiger charge is 2.30. The Bertz CT molecular complexity index is 795. The zero-order chi connectivity index (χ0) is 16.4. The summed E-state index contributed by atoms with van der Waals surface area (Å²) in [6, 6.07) is 10.8. The van der Waals surface area contributed by atoms with Gasteiger partial charge in [-0.05, 0) is 24.3 Å². The van der Waals surface area contributed by atoms with Crippen molar-refractivity contribution >= 4 is 33.2 Å². The van der Waals surface area contributed by atoms with Crippen LogP contribution in [0.25, 0.3) is 0 Å². The van der Waals surface area contributed by atoms with Crippen LogP contribution in [0.5, 0.6) is 5.75 Å². The number of anilines is 1. The van der Waals surface area contributed by atoms with Crippen molar-refractivity contribution in [3.63, 3.8) is 0 Å². The van der Waals surface area contributed by atoms with Crippen molar-refractivity contribution in [3.05, 3.63) is 58.3 Å². The SMILES string of the molecule is O=C(Nc1cc(Br)ccc1O)[C@@H]1CC(c2ccccc2F)=NO1. The molecule has 7 heteroatoms. The number of amides is 1. The number of phenolic OH excluding ortho intramolecular Hbond substituents is 1. The lowest BCUT2D eigenvalue weighted by molar-refractivity contribution is -0.125. The Labute approximate surface area is 139 Å². The number of rotatable bonds is 3. The van der Waals surface area contributed by atoms with Gasteiger partial charge in [-0.15, -0.1) is 0 Å². The van der Waals surface area contributed by atoms with Gasteiger partial charge in [0.15, 0.2) is 0 Å². The second kappa shape index (κ2) is 6.37. The number of phenols is 1. The lowest BCUT2D eigenvalue weighted by atomic mass is 10.0. The maximum absolute atomic E-state index is 13.7. The average Bonchev–Trinajstić information content (AvgIpc) is 3.01. The Morgan fingerprint density at radius 3 is 2.91 bits per heavy atom. The van der Waals surface area contributed by atoms with Crippen LogP contribution in [0, 0.1) is 5.82 Å². The summed E-state index contributed by atoms with van der Waals surface area (Å²) in [6.07, 6.45) is -0.718. The second-order valence-electron chi connectivity index (χ2n) is 4.97. The van der Waals surface area contributed by atoms with E-state index in [4.69, 9.17) is 4.84 Å². The fraction of sp³-hybridized carbons (Fsp3) is 0.125. The molecule has 118 valence electrons. The summed E-state index contributed by atoms with van der Waals surface area (Å²) in [4.78, 5) is 17.3. The average molecular weight is 379 g/mol. The van der Waals surface area contributed by atoms with Crippen molar-refractivity contribution in [2.24, 2.45) is 5.16 Å². The molecule has 0 radical (unpaired) electrons. The molecule has 0 bridgehead atoms. The van der Waals surface area contributed by atoms with Gasteiger partial charge >= 0.3 is 0 Å². The lowest BCUT2D eigenvalue weighted by Crippen LogP contribution is -2.28. The predicted molar refractivity (Wildman–Crippen MR) is 86.9 cm³/mol. The first-order valence-corrected chi connectivity index (χ1v) is 7.61. The minimum Gasteiger partial charge on any atom is -0.506 e. The fourth-order valence-electron chi connectivity index (χ4n) is 2.19. The summed E-state index contributed by atoms with van der Waals surface area (Å²) >= 11 is 3.26. The first kappa shape index (κ1) is 15.5. The summed E-state index contributed by atoms with van der Waals surface area (Å²) in [5.74, 6) is -0.941. The van der Waals surface area contributed by atoms with Gasteiger partial charge in [0.25, 0.3) is 5.91 Å². The maximum atomic E-state index is 13.7. The molecule has 1 amide bonds. The number of nitrogens with one attached hydrogen (secondary N) is 1. The number of aromatic hydroxyl groups is 1. The van der Waals surface area contributed by atoms with Crippen LogP contribution in [0.1, 0.15) is 12.0 Å². The van der Waals surface area contributed by atoms with Gasteiger partial charge in [-0.1, -0.05) is 39.3 Å². The zero-order valence-corrected chi connectivity index (χ0v) is 13.4. The van der Waals surface area contributed by atoms with Gasteiger partial charge in [-0.25, -0.2) is 4.39 Å². The van der Waals surface area contributed by atoms with Crippen molar-refractivity contribution in [3.8, 4) is 5.75 Å². The van der Waals surface area contributed by atoms with E-state index in [1.165, 1.54) is 12.1 Å². The number of oxime groups is 1. The van der Waals surface area contributed by atoms with E-state index in [9.17, 15) is 14.3 Å². The van der Waals surface area contributed by atoms with Gasteiger partial charge in [-0.2, -0.15) is 0 Å². The third-order valence-electron chi connectivity index (χ3n) is 3.36. The van der Waals surface area contributed by atoms with Crippen LogP contribution < -0.4 is 5.32 Å². The van der Waals surface area contributed by atoms with Gasteiger partial charge in [0.2, 0.25) is 6.10 Å². The number of halogens is 2. The molecular weight excluding hydrogens is 367 g/mol. The van der Waals surface area contributed by atoms with Gasteiger partial charge < -0.3 is 15.3 Å². The van der Waals surface area contributed by atoms with Gasteiger partial charge in [0.05, 0.1) is 11.4 Å². The van der Waals surface area contributed by atoms with Crippen molar-refractivity contribution in [1.29, 1.82) is 0 Å². The summed E-state index contributed by atoms with van der Waals surface area (Å²) in [5, 5.41) is 16.1. The van der Waals surface area contributed by atoms with Crippen LogP contribution in [0.15, 0.2) is 52.1 Å². The molecule has 2 aromatic rings. The minimum absolute atomic E-state index is 0.0604. The van der Waals surface area contributed by atoms with E-state index in [1.807, 2.05) is 0 Å². The highest BCUT2D eigenvalue weighted by molar-refractivity contribution is 9.10. The number of carbonyl (C=O) groups is 1. The highest BCUT2D eigenvalue weighted by Crippen LogP contribution is 2.28. The van der Waals surface area contributed by atoms with Gasteiger partial charge in [-0.3, -0.25) is 4.79 Å². The van der Waals surface area contributed by atoms with Crippen molar-refractivity contribution in [2.75, 3.05) is 5.32 Å². The second-order valence-corrected chi connectivity index (χ2v) is 5.88. The molecule has 0 aliphatic carbocycles. The van der Waals surface area contributed by atoms with Crippen LogP contribution in [-0.4, -0.2) is 22.8 Å². The van der Waals surface area contributed by atoms with Crippen molar-refractivity contribution < 1.29 is 19.1 Å². The van der Waals surface area contributed by atoms with Crippen LogP contribution >= 0.6 is 15.9 Å². The summed E-state index contributed by atoms with van der Waals surface area (Å²) < 4.78 is 14.4. The number of nitrogens with zero attached hydrogens (tertiary/aromatic N) is 1. The topological polar surface area (TPSA) is 70.9 Å². The molecular formula is C16H12BrFN2O3. The standard InChI is InChI=1S/C16H12BrFN2O3/c17-9-5-6-14(21)13(7-9)19-16(22)15-8-12(20-23-15)10-3-1-2-4-11(10)18/h1-7,15,21H,8H2,(H,19,22)/t15-/m0/s1. The van der Waals surface area contributed by atoms with Gasteiger partial charge in [0.1, 0.15) is 11.6 Å². The molecule has 0 aromatic heterocycles.